The fourth-order valence-corrected chi connectivity index (χ4v) is 6.14. The maximum atomic E-state index is 13.1. The number of hydrogen-bond donors (Lipinski definition) is 2. The Morgan fingerprint density at radius 1 is 1.02 bits per heavy atom. The first kappa shape index (κ1) is 29.8. The summed E-state index contributed by atoms with van der Waals surface area (Å²) in [5.74, 6) is 0.200. The van der Waals surface area contributed by atoms with Crippen LogP contribution >= 0.6 is 0 Å². The lowest BCUT2D eigenvalue weighted by molar-refractivity contribution is -0.0144. The van der Waals surface area contributed by atoms with Crippen LogP contribution in [0.1, 0.15) is 59.8 Å². The minimum atomic E-state index is -0.762. The summed E-state index contributed by atoms with van der Waals surface area (Å²) in [6.45, 7) is 7.19. The van der Waals surface area contributed by atoms with Gasteiger partial charge in [0.15, 0.2) is 0 Å². The van der Waals surface area contributed by atoms with Crippen molar-refractivity contribution in [1.82, 2.24) is 9.47 Å². The number of ether oxygens (including phenoxy) is 2. The van der Waals surface area contributed by atoms with Crippen molar-refractivity contribution >= 4 is 16.9 Å². The van der Waals surface area contributed by atoms with Gasteiger partial charge in [-0.05, 0) is 69.5 Å². The van der Waals surface area contributed by atoms with Gasteiger partial charge in [0, 0.05) is 35.9 Å². The summed E-state index contributed by atoms with van der Waals surface area (Å²) in [4.78, 5) is 15.3. The molecule has 1 aliphatic carbocycles. The van der Waals surface area contributed by atoms with Gasteiger partial charge in [0.25, 0.3) is 0 Å². The number of aliphatic hydroxyl groups is 2. The zero-order valence-electron chi connectivity index (χ0n) is 24.8. The third-order valence-electron chi connectivity index (χ3n) is 8.23. The first-order chi connectivity index (χ1) is 20.4. The SMILES string of the molecule is CCOC(=O)c1c(C)n(-c2ccc(C)cc2)c2ccc(OC[C@H](O)CN(Cc3ccccc3)[C@H]3CCCC[C@H]3O)cc12. The summed E-state index contributed by atoms with van der Waals surface area (Å²) in [6.07, 6.45) is 2.63. The largest absolute Gasteiger partial charge is 0.491 e. The Bertz CT molecular complexity index is 1480. The van der Waals surface area contributed by atoms with E-state index in [0.717, 1.165) is 59.1 Å². The number of nitrogens with zero attached hydrogens (tertiary/aromatic N) is 2. The van der Waals surface area contributed by atoms with Crippen molar-refractivity contribution in [3.8, 4) is 11.4 Å². The molecule has 0 saturated heterocycles. The summed E-state index contributed by atoms with van der Waals surface area (Å²) in [6, 6.07) is 24.0. The van der Waals surface area contributed by atoms with Gasteiger partial charge in [0.1, 0.15) is 18.5 Å². The van der Waals surface area contributed by atoms with Crippen LogP contribution in [0.15, 0.2) is 72.8 Å². The van der Waals surface area contributed by atoms with E-state index in [0.29, 0.717) is 24.4 Å². The van der Waals surface area contributed by atoms with E-state index < -0.39 is 12.2 Å². The van der Waals surface area contributed by atoms with Gasteiger partial charge in [-0.2, -0.15) is 0 Å². The van der Waals surface area contributed by atoms with Gasteiger partial charge in [-0.15, -0.1) is 0 Å². The summed E-state index contributed by atoms with van der Waals surface area (Å²) in [7, 11) is 0. The molecule has 3 atom stereocenters. The molecule has 7 nitrogen and oxygen atoms in total. The quantitative estimate of drug-likeness (QED) is 0.216. The molecule has 1 heterocycles. The molecule has 42 heavy (non-hydrogen) atoms. The Morgan fingerprint density at radius 3 is 2.48 bits per heavy atom. The molecule has 0 radical (unpaired) electrons. The third kappa shape index (κ3) is 6.70. The fraction of sp³-hybridized carbons (Fsp3) is 0.400. The van der Waals surface area contributed by atoms with Crippen LogP contribution in [0.5, 0.6) is 5.75 Å². The van der Waals surface area contributed by atoms with Gasteiger partial charge in [-0.1, -0.05) is 60.9 Å². The van der Waals surface area contributed by atoms with Crippen LogP contribution in [0, 0.1) is 13.8 Å². The number of fused-ring (bicyclic) bond motifs is 1. The van der Waals surface area contributed by atoms with E-state index in [4.69, 9.17) is 9.47 Å². The van der Waals surface area contributed by atoms with Gasteiger partial charge in [0.05, 0.1) is 23.8 Å². The van der Waals surface area contributed by atoms with Crippen molar-refractivity contribution in [3.63, 3.8) is 0 Å². The molecule has 1 saturated carbocycles. The highest BCUT2D eigenvalue weighted by molar-refractivity contribution is 6.07. The summed E-state index contributed by atoms with van der Waals surface area (Å²) >= 11 is 0. The Kier molecular flexibility index (Phi) is 9.62. The third-order valence-corrected chi connectivity index (χ3v) is 8.23. The van der Waals surface area contributed by atoms with Crippen LogP contribution in [0.2, 0.25) is 0 Å². The molecular weight excluding hydrogens is 528 g/mol. The molecule has 222 valence electrons. The lowest BCUT2D eigenvalue weighted by Crippen LogP contribution is -2.48. The van der Waals surface area contributed by atoms with Crippen LogP contribution in [-0.2, 0) is 11.3 Å². The summed E-state index contributed by atoms with van der Waals surface area (Å²) < 4.78 is 13.6. The normalized spacial score (nSPS) is 17.9. The molecule has 5 rings (SSSR count). The Balaban J connectivity index is 1.36. The van der Waals surface area contributed by atoms with Gasteiger partial charge in [-0.3, -0.25) is 4.90 Å². The van der Waals surface area contributed by atoms with E-state index in [1.54, 1.807) is 6.92 Å². The molecule has 7 heteroatoms. The molecule has 1 fully saturated rings. The molecule has 0 bridgehead atoms. The first-order valence-corrected chi connectivity index (χ1v) is 15.0. The Hall–Kier alpha value is -3.65. The number of esters is 1. The minimum Gasteiger partial charge on any atom is -0.491 e. The van der Waals surface area contributed by atoms with E-state index >= 15 is 0 Å². The van der Waals surface area contributed by atoms with Crippen molar-refractivity contribution < 1.29 is 24.5 Å². The van der Waals surface area contributed by atoms with E-state index in [2.05, 4.69) is 33.7 Å². The fourth-order valence-electron chi connectivity index (χ4n) is 6.14. The second kappa shape index (κ2) is 13.6. The predicted molar refractivity (Wildman–Crippen MR) is 165 cm³/mol. The zero-order valence-corrected chi connectivity index (χ0v) is 24.8. The van der Waals surface area contributed by atoms with E-state index in [9.17, 15) is 15.0 Å². The molecule has 0 spiro atoms. The number of carbonyl (C=O) groups is 1. The van der Waals surface area contributed by atoms with Gasteiger partial charge < -0.3 is 24.3 Å². The van der Waals surface area contributed by atoms with Crippen molar-refractivity contribution in [1.29, 1.82) is 0 Å². The number of aliphatic hydroxyl groups excluding tert-OH is 2. The number of aromatic nitrogens is 1. The van der Waals surface area contributed by atoms with E-state index in [1.807, 2.05) is 62.4 Å². The molecule has 1 aromatic heterocycles. The molecule has 1 aliphatic rings. The van der Waals surface area contributed by atoms with Crippen LogP contribution in [0.25, 0.3) is 16.6 Å². The predicted octanol–water partition coefficient (Wildman–Crippen LogP) is 5.97. The monoisotopic (exact) mass is 570 g/mol. The molecule has 2 N–H and O–H groups in total. The zero-order chi connectivity index (χ0) is 29.6. The molecule has 3 aromatic carbocycles. The standard InChI is InChI=1S/C35H42N2O5/c1-4-41-35(40)34-25(3)37(27-16-14-24(2)15-17-27)31-19-18-29(20-30(31)34)42-23-28(38)22-36(21-26-10-6-5-7-11-26)32-12-8-9-13-33(32)39/h5-7,10-11,14-20,28,32-33,38-39H,4,8-9,12-13,21-23H2,1-3H3/t28-,32+,33-/m1/s1. The maximum absolute atomic E-state index is 13.1. The molecule has 0 amide bonds. The van der Waals surface area contributed by atoms with Crippen molar-refractivity contribution in [2.75, 3.05) is 19.8 Å². The lowest BCUT2D eigenvalue weighted by atomic mass is 9.91. The van der Waals surface area contributed by atoms with E-state index in [-0.39, 0.29) is 25.2 Å². The highest BCUT2D eigenvalue weighted by Crippen LogP contribution is 2.33. The van der Waals surface area contributed by atoms with Crippen LogP contribution in [0.3, 0.4) is 0 Å². The number of hydrogen-bond acceptors (Lipinski definition) is 6. The molecule has 4 aromatic rings. The highest BCUT2D eigenvalue weighted by Gasteiger charge is 2.30. The smallest absolute Gasteiger partial charge is 0.340 e. The number of carbonyl (C=O) groups excluding carboxylic acids is 1. The average Bonchev–Trinajstić information content (AvgIpc) is 3.28. The van der Waals surface area contributed by atoms with Gasteiger partial charge >= 0.3 is 5.97 Å². The van der Waals surface area contributed by atoms with Crippen molar-refractivity contribution in [2.24, 2.45) is 0 Å². The first-order valence-electron chi connectivity index (χ1n) is 15.0. The minimum absolute atomic E-state index is 0.00149. The topological polar surface area (TPSA) is 84.2 Å². The second-order valence-electron chi connectivity index (χ2n) is 11.3. The number of aryl methyl sites for hydroxylation is 1. The summed E-state index contributed by atoms with van der Waals surface area (Å²) in [5, 5.41) is 22.6. The van der Waals surface area contributed by atoms with Gasteiger partial charge in [-0.25, -0.2) is 4.79 Å². The average molecular weight is 571 g/mol. The Labute approximate surface area is 248 Å². The maximum Gasteiger partial charge on any atom is 0.340 e. The van der Waals surface area contributed by atoms with Crippen LogP contribution < -0.4 is 4.74 Å². The number of benzene rings is 3. The second-order valence-corrected chi connectivity index (χ2v) is 11.3. The molecule has 0 aliphatic heterocycles. The lowest BCUT2D eigenvalue weighted by Gasteiger charge is -2.38. The van der Waals surface area contributed by atoms with Gasteiger partial charge in [0.2, 0.25) is 0 Å². The summed E-state index contributed by atoms with van der Waals surface area (Å²) in [5.41, 5.74) is 5.46. The van der Waals surface area contributed by atoms with E-state index in [1.165, 1.54) is 0 Å². The van der Waals surface area contributed by atoms with Crippen LogP contribution in [0.4, 0.5) is 0 Å². The number of rotatable bonds is 11. The van der Waals surface area contributed by atoms with Crippen LogP contribution in [-0.4, -0.2) is 63.7 Å². The molecular formula is C35H42N2O5. The van der Waals surface area contributed by atoms with Crippen molar-refractivity contribution in [3.05, 3.63) is 95.2 Å². The highest BCUT2D eigenvalue weighted by atomic mass is 16.5. The van der Waals surface area contributed by atoms with Crippen molar-refractivity contribution in [2.45, 2.75) is 71.2 Å². The molecule has 0 unspecified atom stereocenters. The Morgan fingerprint density at radius 2 is 1.76 bits per heavy atom.